The Balaban J connectivity index is 2.32. The Morgan fingerprint density at radius 1 is 1.50 bits per heavy atom. The Labute approximate surface area is 105 Å². The molecule has 0 saturated carbocycles. The summed E-state index contributed by atoms with van der Waals surface area (Å²) in [5.41, 5.74) is -0.00527. The summed E-state index contributed by atoms with van der Waals surface area (Å²) in [6, 6.07) is 0. The Hall–Kier alpha value is -2.37. The van der Waals surface area contributed by atoms with Crippen LogP contribution in [0.1, 0.15) is 17.4 Å². The largest absolute Gasteiger partial charge is 0.476 e. The van der Waals surface area contributed by atoms with E-state index in [-0.39, 0.29) is 11.6 Å². The number of carboxylic acids is 1. The van der Waals surface area contributed by atoms with Gasteiger partial charge in [0.15, 0.2) is 5.69 Å². The van der Waals surface area contributed by atoms with Crippen LogP contribution in [-0.4, -0.2) is 33.1 Å². The Kier molecular flexibility index (Phi) is 5.37. The van der Waals surface area contributed by atoms with Crippen molar-refractivity contribution in [3.05, 3.63) is 42.5 Å². The number of nitrogens with zero attached hydrogens (tertiary/aromatic N) is 2. The second-order valence-corrected chi connectivity index (χ2v) is 3.48. The summed E-state index contributed by atoms with van der Waals surface area (Å²) in [6.07, 6.45) is 9.50. The zero-order valence-electron chi connectivity index (χ0n) is 10.0. The molecule has 2 N–H and O–H groups in total. The molecule has 1 amide bonds. The monoisotopic (exact) mass is 249 g/mol. The molecule has 0 unspecified atom stereocenters. The normalized spacial score (nSPS) is 11.2. The molecule has 0 aliphatic heterocycles. The number of carboxylic acid groups (broad SMARTS) is 1. The first-order valence-corrected chi connectivity index (χ1v) is 5.45. The van der Waals surface area contributed by atoms with Crippen molar-refractivity contribution in [2.75, 3.05) is 6.54 Å². The lowest BCUT2D eigenvalue weighted by molar-refractivity contribution is -0.116. The molecule has 1 aromatic heterocycles. The van der Waals surface area contributed by atoms with Gasteiger partial charge < -0.3 is 15.0 Å². The zero-order chi connectivity index (χ0) is 13.4. The molecule has 0 fully saturated rings. The third kappa shape index (κ3) is 4.65. The topological polar surface area (TPSA) is 84.2 Å². The van der Waals surface area contributed by atoms with E-state index < -0.39 is 5.97 Å². The first-order valence-electron chi connectivity index (χ1n) is 5.45. The highest BCUT2D eigenvalue weighted by molar-refractivity contribution is 5.87. The van der Waals surface area contributed by atoms with Crippen molar-refractivity contribution in [2.45, 2.75) is 13.5 Å². The van der Waals surface area contributed by atoms with Crippen molar-refractivity contribution in [1.82, 2.24) is 14.9 Å². The van der Waals surface area contributed by atoms with E-state index in [4.69, 9.17) is 5.11 Å². The van der Waals surface area contributed by atoms with Gasteiger partial charge >= 0.3 is 5.97 Å². The summed E-state index contributed by atoms with van der Waals surface area (Å²) in [4.78, 5) is 25.6. The third-order valence-corrected chi connectivity index (χ3v) is 2.07. The second kappa shape index (κ2) is 7.05. The molecule has 6 nitrogen and oxygen atoms in total. The van der Waals surface area contributed by atoms with Gasteiger partial charge in [-0.25, -0.2) is 9.78 Å². The summed E-state index contributed by atoms with van der Waals surface area (Å²) in [7, 11) is 0. The van der Waals surface area contributed by atoms with Crippen LogP contribution in [0.4, 0.5) is 0 Å². The maximum atomic E-state index is 11.3. The number of aromatic carboxylic acids is 1. The molecule has 6 heteroatoms. The Morgan fingerprint density at radius 2 is 2.28 bits per heavy atom. The van der Waals surface area contributed by atoms with Crippen LogP contribution in [-0.2, 0) is 11.3 Å². The Morgan fingerprint density at radius 3 is 2.89 bits per heavy atom. The summed E-state index contributed by atoms with van der Waals surface area (Å²) < 4.78 is 1.61. The number of aromatic nitrogens is 2. The van der Waals surface area contributed by atoms with Crippen LogP contribution in [0.3, 0.4) is 0 Å². The van der Waals surface area contributed by atoms with E-state index in [9.17, 15) is 9.59 Å². The van der Waals surface area contributed by atoms with E-state index in [1.165, 1.54) is 18.6 Å². The van der Waals surface area contributed by atoms with Crippen LogP contribution < -0.4 is 5.32 Å². The minimum atomic E-state index is -1.06. The van der Waals surface area contributed by atoms with Gasteiger partial charge in [-0.05, 0) is 6.92 Å². The van der Waals surface area contributed by atoms with Gasteiger partial charge in [0.05, 0.1) is 6.33 Å². The fourth-order valence-corrected chi connectivity index (χ4v) is 1.21. The summed E-state index contributed by atoms with van der Waals surface area (Å²) in [6.45, 7) is 2.75. The lowest BCUT2D eigenvalue weighted by Crippen LogP contribution is -2.25. The first-order chi connectivity index (χ1) is 8.63. The molecule has 0 aromatic carbocycles. The summed E-state index contributed by atoms with van der Waals surface area (Å²) in [5, 5.41) is 11.3. The van der Waals surface area contributed by atoms with Gasteiger partial charge in [-0.1, -0.05) is 18.2 Å². The van der Waals surface area contributed by atoms with E-state index in [1.54, 1.807) is 16.7 Å². The molecule has 96 valence electrons. The second-order valence-electron chi connectivity index (χ2n) is 3.48. The van der Waals surface area contributed by atoms with Crippen LogP contribution in [0.2, 0.25) is 0 Å². The molecule has 1 rings (SSSR count). The van der Waals surface area contributed by atoms with Gasteiger partial charge in [0, 0.05) is 25.4 Å². The molecule has 0 saturated heterocycles. The minimum Gasteiger partial charge on any atom is -0.476 e. The van der Waals surface area contributed by atoms with Crippen LogP contribution >= 0.6 is 0 Å². The predicted molar refractivity (Wildman–Crippen MR) is 66.2 cm³/mol. The van der Waals surface area contributed by atoms with Crippen molar-refractivity contribution in [3.63, 3.8) is 0 Å². The standard InChI is InChI=1S/C12H15N3O3/c1-2-3-4-5-11(16)13-6-7-15-8-10(12(17)18)14-9-15/h2-5,8-9H,6-7H2,1H3,(H,13,16)(H,17,18). The number of nitrogens with one attached hydrogen (secondary N) is 1. The van der Waals surface area contributed by atoms with Crippen molar-refractivity contribution >= 4 is 11.9 Å². The number of carbonyl (C=O) groups excluding carboxylic acids is 1. The highest BCUT2D eigenvalue weighted by Crippen LogP contribution is 1.95. The number of amides is 1. The van der Waals surface area contributed by atoms with Gasteiger partial charge in [-0.2, -0.15) is 0 Å². The average Bonchev–Trinajstić information content (AvgIpc) is 2.78. The quantitative estimate of drug-likeness (QED) is 0.577. The maximum absolute atomic E-state index is 11.3. The molecule has 0 aliphatic carbocycles. The molecule has 0 spiro atoms. The smallest absolute Gasteiger partial charge is 0.356 e. The van der Waals surface area contributed by atoms with E-state index >= 15 is 0 Å². The van der Waals surface area contributed by atoms with Crippen molar-refractivity contribution in [1.29, 1.82) is 0 Å². The number of hydrogen-bond acceptors (Lipinski definition) is 3. The number of carbonyl (C=O) groups is 2. The molecule has 0 aliphatic rings. The molecule has 18 heavy (non-hydrogen) atoms. The molecule has 0 bridgehead atoms. The zero-order valence-corrected chi connectivity index (χ0v) is 10.0. The van der Waals surface area contributed by atoms with Crippen LogP contribution in [0.5, 0.6) is 0 Å². The SMILES string of the molecule is CC=CC=CC(=O)NCCn1cnc(C(=O)O)c1. The molecular weight excluding hydrogens is 234 g/mol. The van der Waals surface area contributed by atoms with Crippen molar-refractivity contribution in [3.8, 4) is 0 Å². The average molecular weight is 249 g/mol. The van der Waals surface area contributed by atoms with E-state index in [0.717, 1.165) is 0 Å². The summed E-state index contributed by atoms with van der Waals surface area (Å²) in [5.74, 6) is -1.25. The van der Waals surface area contributed by atoms with E-state index in [2.05, 4.69) is 10.3 Å². The van der Waals surface area contributed by atoms with E-state index in [0.29, 0.717) is 13.1 Å². The third-order valence-electron chi connectivity index (χ3n) is 2.07. The van der Waals surface area contributed by atoms with Gasteiger partial charge in [0.2, 0.25) is 5.91 Å². The highest BCUT2D eigenvalue weighted by Gasteiger charge is 2.05. The highest BCUT2D eigenvalue weighted by atomic mass is 16.4. The number of allylic oxidation sites excluding steroid dienone is 3. The molecular formula is C12H15N3O3. The van der Waals surface area contributed by atoms with Gasteiger partial charge in [0.1, 0.15) is 0 Å². The predicted octanol–water partition coefficient (Wildman–Crippen LogP) is 0.830. The first kappa shape index (κ1) is 13.7. The molecule has 1 aromatic rings. The minimum absolute atomic E-state index is 0.00527. The van der Waals surface area contributed by atoms with Crippen LogP contribution in [0, 0.1) is 0 Å². The number of imidazole rings is 1. The van der Waals surface area contributed by atoms with Gasteiger partial charge in [0.25, 0.3) is 0 Å². The Bertz CT molecular complexity index is 475. The maximum Gasteiger partial charge on any atom is 0.356 e. The van der Waals surface area contributed by atoms with Crippen LogP contribution in [0.25, 0.3) is 0 Å². The summed E-state index contributed by atoms with van der Waals surface area (Å²) >= 11 is 0. The van der Waals surface area contributed by atoms with Gasteiger partial charge in [-0.3, -0.25) is 4.79 Å². The molecule has 1 heterocycles. The fraction of sp³-hybridized carbons (Fsp3) is 0.250. The lowest BCUT2D eigenvalue weighted by Gasteiger charge is -2.02. The molecule has 0 atom stereocenters. The van der Waals surface area contributed by atoms with Crippen LogP contribution in [0.15, 0.2) is 36.8 Å². The molecule has 0 radical (unpaired) electrons. The van der Waals surface area contributed by atoms with Gasteiger partial charge in [-0.15, -0.1) is 0 Å². The number of hydrogen-bond donors (Lipinski definition) is 2. The lowest BCUT2D eigenvalue weighted by atomic mass is 10.4. The van der Waals surface area contributed by atoms with E-state index in [1.807, 2.05) is 13.0 Å². The van der Waals surface area contributed by atoms with Crippen molar-refractivity contribution in [2.24, 2.45) is 0 Å². The number of rotatable bonds is 6. The van der Waals surface area contributed by atoms with Crippen molar-refractivity contribution < 1.29 is 14.7 Å². The fourth-order valence-electron chi connectivity index (χ4n) is 1.21.